The zero-order chi connectivity index (χ0) is 18.3. The van der Waals surface area contributed by atoms with Crippen molar-refractivity contribution in [3.8, 4) is 0 Å². The first kappa shape index (κ1) is 17.4. The molecule has 7 heteroatoms. The molecule has 134 valence electrons. The molecule has 2 aromatic heterocycles. The molecule has 1 aliphatic carbocycles. The number of nitrogens with zero attached hydrogens (tertiary/aromatic N) is 2. The molecule has 0 saturated carbocycles. The largest absolute Gasteiger partial charge is 0.325 e. The Morgan fingerprint density at radius 3 is 3.00 bits per heavy atom. The number of carbonyl (C=O) groups excluding carboxylic acids is 1. The minimum atomic E-state index is -0.370. The molecule has 0 saturated heterocycles. The Bertz CT molecular complexity index is 1000. The summed E-state index contributed by atoms with van der Waals surface area (Å²) in [6.07, 6.45) is 3.33. The summed E-state index contributed by atoms with van der Waals surface area (Å²) in [6.45, 7) is 3.72. The molecule has 1 amide bonds. The molecule has 4 rings (SSSR count). The minimum absolute atomic E-state index is 0.170. The Balaban J connectivity index is 1.59. The van der Waals surface area contributed by atoms with E-state index in [9.17, 15) is 9.18 Å². The zero-order valence-electron chi connectivity index (χ0n) is 14.5. The van der Waals surface area contributed by atoms with Gasteiger partial charge in [0.25, 0.3) is 0 Å². The number of amides is 1. The number of anilines is 1. The molecule has 4 nitrogen and oxygen atoms in total. The predicted octanol–water partition coefficient (Wildman–Crippen LogP) is 4.75. The molecule has 1 N–H and O–H groups in total. The molecular weight excluding hydrogens is 369 g/mol. The van der Waals surface area contributed by atoms with Gasteiger partial charge in [0.05, 0.1) is 5.25 Å². The van der Waals surface area contributed by atoms with Gasteiger partial charge in [-0.05, 0) is 56.9 Å². The lowest BCUT2D eigenvalue weighted by Gasteiger charge is -2.13. The van der Waals surface area contributed by atoms with Crippen molar-refractivity contribution in [3.05, 3.63) is 46.3 Å². The van der Waals surface area contributed by atoms with Crippen LogP contribution in [0.25, 0.3) is 10.2 Å². The van der Waals surface area contributed by atoms with E-state index in [1.807, 2.05) is 13.8 Å². The summed E-state index contributed by atoms with van der Waals surface area (Å²) in [5, 5.41) is 4.40. The van der Waals surface area contributed by atoms with E-state index in [0.29, 0.717) is 5.69 Å². The Morgan fingerprint density at radius 1 is 1.35 bits per heavy atom. The van der Waals surface area contributed by atoms with Crippen molar-refractivity contribution in [2.75, 3.05) is 5.32 Å². The maximum absolute atomic E-state index is 13.3. The van der Waals surface area contributed by atoms with Crippen LogP contribution in [0.2, 0.25) is 0 Å². The third-order valence-electron chi connectivity index (χ3n) is 4.39. The van der Waals surface area contributed by atoms with Gasteiger partial charge in [-0.15, -0.1) is 11.3 Å². The molecule has 0 radical (unpaired) electrons. The van der Waals surface area contributed by atoms with Crippen molar-refractivity contribution in [2.45, 2.75) is 43.4 Å². The van der Waals surface area contributed by atoms with E-state index in [0.717, 1.165) is 33.9 Å². The summed E-state index contributed by atoms with van der Waals surface area (Å²) < 4.78 is 13.3. The quantitative estimate of drug-likeness (QED) is 0.519. The van der Waals surface area contributed by atoms with E-state index >= 15 is 0 Å². The van der Waals surface area contributed by atoms with E-state index in [4.69, 9.17) is 0 Å². The molecule has 26 heavy (non-hydrogen) atoms. The highest BCUT2D eigenvalue weighted by molar-refractivity contribution is 8.00. The Morgan fingerprint density at radius 2 is 2.19 bits per heavy atom. The number of fused-ring (bicyclic) bond motifs is 3. The molecule has 1 aliphatic rings. The topological polar surface area (TPSA) is 54.9 Å². The first-order chi connectivity index (χ1) is 12.5. The van der Waals surface area contributed by atoms with Crippen LogP contribution in [-0.2, 0) is 17.6 Å². The molecular formula is C19H18FN3OS2. The van der Waals surface area contributed by atoms with Gasteiger partial charge >= 0.3 is 0 Å². The van der Waals surface area contributed by atoms with Crippen LogP contribution in [0, 0.1) is 12.7 Å². The molecule has 0 fully saturated rings. The third kappa shape index (κ3) is 3.33. The smallest absolute Gasteiger partial charge is 0.237 e. The summed E-state index contributed by atoms with van der Waals surface area (Å²) in [7, 11) is 0. The van der Waals surface area contributed by atoms with Gasteiger partial charge in [-0.1, -0.05) is 17.8 Å². The summed E-state index contributed by atoms with van der Waals surface area (Å²) >= 11 is 3.19. The maximum atomic E-state index is 13.3. The SMILES string of the molecule is Cc1nc(S[C@H](C)C(=O)Nc2cccc(F)c2)c2c3c(sc2n1)CCC3. The monoisotopic (exact) mass is 387 g/mol. The van der Waals surface area contributed by atoms with Gasteiger partial charge in [-0.25, -0.2) is 14.4 Å². The lowest BCUT2D eigenvalue weighted by Crippen LogP contribution is -2.22. The van der Waals surface area contributed by atoms with E-state index in [1.165, 1.54) is 40.8 Å². The summed E-state index contributed by atoms with van der Waals surface area (Å²) in [4.78, 5) is 24.1. The fourth-order valence-electron chi connectivity index (χ4n) is 3.18. The Labute approximate surface area is 159 Å². The second-order valence-electron chi connectivity index (χ2n) is 6.37. The van der Waals surface area contributed by atoms with Crippen molar-refractivity contribution in [3.63, 3.8) is 0 Å². The fourth-order valence-corrected chi connectivity index (χ4v) is 5.58. The second kappa shape index (κ2) is 6.96. The fraction of sp³-hybridized carbons (Fsp3) is 0.316. The Hall–Kier alpha value is -1.99. The van der Waals surface area contributed by atoms with Crippen LogP contribution in [0.15, 0.2) is 29.3 Å². The van der Waals surface area contributed by atoms with Gasteiger partial charge in [-0.2, -0.15) is 0 Å². The van der Waals surface area contributed by atoms with Gasteiger partial charge < -0.3 is 5.32 Å². The van der Waals surface area contributed by atoms with Crippen LogP contribution >= 0.6 is 23.1 Å². The number of thiophene rings is 1. The van der Waals surface area contributed by atoms with Crippen molar-refractivity contribution in [2.24, 2.45) is 0 Å². The number of hydrogen-bond acceptors (Lipinski definition) is 5. The van der Waals surface area contributed by atoms with Gasteiger partial charge in [-0.3, -0.25) is 4.79 Å². The van der Waals surface area contributed by atoms with E-state index < -0.39 is 0 Å². The van der Waals surface area contributed by atoms with Crippen molar-refractivity contribution in [1.29, 1.82) is 0 Å². The molecule has 0 unspecified atom stereocenters. The van der Waals surface area contributed by atoms with Gasteiger partial charge in [0.15, 0.2) is 0 Å². The number of rotatable bonds is 4. The zero-order valence-corrected chi connectivity index (χ0v) is 16.1. The third-order valence-corrected chi connectivity index (χ3v) is 6.67. The number of carbonyl (C=O) groups is 1. The molecule has 2 heterocycles. The molecule has 3 aromatic rings. The van der Waals surface area contributed by atoms with Crippen LogP contribution in [0.4, 0.5) is 10.1 Å². The molecule has 0 bridgehead atoms. The van der Waals surface area contributed by atoms with Crippen molar-refractivity contribution < 1.29 is 9.18 Å². The predicted molar refractivity (Wildman–Crippen MR) is 105 cm³/mol. The number of halogens is 1. The average Bonchev–Trinajstić information content (AvgIpc) is 3.14. The van der Waals surface area contributed by atoms with Gasteiger partial charge in [0.2, 0.25) is 5.91 Å². The number of hydrogen-bond donors (Lipinski definition) is 1. The number of thioether (sulfide) groups is 1. The highest BCUT2D eigenvalue weighted by atomic mass is 32.2. The molecule has 0 spiro atoms. The van der Waals surface area contributed by atoms with Crippen LogP contribution in [0.5, 0.6) is 0 Å². The lowest BCUT2D eigenvalue weighted by molar-refractivity contribution is -0.115. The average molecular weight is 388 g/mol. The number of aromatic nitrogens is 2. The molecule has 1 aromatic carbocycles. The number of benzene rings is 1. The Kier molecular flexibility index (Phi) is 4.67. The van der Waals surface area contributed by atoms with E-state index in [1.54, 1.807) is 23.5 Å². The standard InChI is InChI=1S/C19H18FN3OS2/c1-10(17(24)23-13-6-3-5-12(20)9-13)25-18-16-14-7-4-8-15(14)26-19(16)22-11(2)21-18/h3,5-6,9-10H,4,7-8H2,1-2H3,(H,23,24)/t10-/m1/s1. The number of aryl methyl sites for hydroxylation is 3. The summed E-state index contributed by atoms with van der Waals surface area (Å²) in [5.41, 5.74) is 1.81. The van der Waals surface area contributed by atoms with Crippen LogP contribution in [-0.4, -0.2) is 21.1 Å². The first-order valence-electron chi connectivity index (χ1n) is 8.53. The van der Waals surface area contributed by atoms with Crippen LogP contribution in [0.1, 0.15) is 29.6 Å². The molecule has 1 atom stereocenters. The summed E-state index contributed by atoms with van der Waals surface area (Å²) in [5.74, 6) is 0.180. The van der Waals surface area contributed by atoms with Gasteiger partial charge in [0.1, 0.15) is 21.5 Å². The highest BCUT2D eigenvalue weighted by Gasteiger charge is 2.24. The minimum Gasteiger partial charge on any atom is -0.325 e. The lowest BCUT2D eigenvalue weighted by atomic mass is 10.2. The van der Waals surface area contributed by atoms with E-state index in [2.05, 4.69) is 15.3 Å². The van der Waals surface area contributed by atoms with Crippen LogP contribution in [0.3, 0.4) is 0 Å². The summed E-state index contributed by atoms with van der Waals surface area (Å²) in [6, 6.07) is 5.92. The number of nitrogens with one attached hydrogen (secondary N) is 1. The van der Waals surface area contributed by atoms with Crippen molar-refractivity contribution in [1.82, 2.24) is 9.97 Å². The molecule has 0 aliphatic heterocycles. The second-order valence-corrected chi connectivity index (χ2v) is 8.79. The highest BCUT2D eigenvalue weighted by Crippen LogP contribution is 2.41. The van der Waals surface area contributed by atoms with E-state index in [-0.39, 0.29) is 17.0 Å². The van der Waals surface area contributed by atoms with Crippen LogP contribution < -0.4 is 5.32 Å². The van der Waals surface area contributed by atoms with Crippen molar-refractivity contribution >= 4 is 44.9 Å². The normalized spacial score (nSPS) is 14.4. The first-order valence-corrected chi connectivity index (χ1v) is 10.2. The van der Waals surface area contributed by atoms with Gasteiger partial charge in [0, 0.05) is 16.0 Å². The maximum Gasteiger partial charge on any atom is 0.237 e.